The molecule has 112 valence electrons. The fraction of sp³-hybridized carbons (Fsp3) is 0.500. The van der Waals surface area contributed by atoms with E-state index in [0.29, 0.717) is 24.6 Å². The van der Waals surface area contributed by atoms with Gasteiger partial charge >= 0.3 is 0 Å². The van der Waals surface area contributed by atoms with Crippen LogP contribution in [0.5, 0.6) is 0 Å². The molecule has 1 aliphatic heterocycles. The summed E-state index contributed by atoms with van der Waals surface area (Å²) in [5.74, 6) is 6.10. The van der Waals surface area contributed by atoms with Gasteiger partial charge < -0.3 is 15.4 Å². The second-order valence-electron chi connectivity index (χ2n) is 5.18. The van der Waals surface area contributed by atoms with E-state index in [-0.39, 0.29) is 5.91 Å². The largest absolute Gasteiger partial charge is 0.384 e. The van der Waals surface area contributed by atoms with Crippen molar-refractivity contribution in [2.75, 3.05) is 33.4 Å². The Balaban J connectivity index is 2.08. The molecule has 0 bridgehead atoms. The first-order valence-electron chi connectivity index (χ1n) is 7.16. The zero-order valence-corrected chi connectivity index (χ0v) is 12.3. The standard InChI is InChI=1S/C16H21N3O2/c1-21-12-14-5-3-7-19(11-14)16(20)15-8-13(4-2-6-17)9-18-10-15/h8-10,14H,3,5-7,11-12,17H2,1H3. The molecule has 2 heterocycles. The molecule has 1 fully saturated rings. The first kappa shape index (κ1) is 15.5. The van der Waals surface area contributed by atoms with Crippen molar-refractivity contribution in [3.05, 3.63) is 29.6 Å². The predicted molar refractivity (Wildman–Crippen MR) is 80.7 cm³/mol. The van der Waals surface area contributed by atoms with E-state index < -0.39 is 0 Å². The van der Waals surface area contributed by atoms with Crippen LogP contribution >= 0.6 is 0 Å². The monoisotopic (exact) mass is 287 g/mol. The number of carbonyl (C=O) groups excluding carboxylic acids is 1. The summed E-state index contributed by atoms with van der Waals surface area (Å²) in [5.41, 5.74) is 6.65. The van der Waals surface area contributed by atoms with Crippen LogP contribution in [0.2, 0.25) is 0 Å². The van der Waals surface area contributed by atoms with Crippen LogP contribution in [0.1, 0.15) is 28.8 Å². The minimum Gasteiger partial charge on any atom is -0.384 e. The third-order valence-electron chi connectivity index (χ3n) is 3.53. The highest BCUT2D eigenvalue weighted by Crippen LogP contribution is 2.18. The molecule has 1 aliphatic rings. The lowest BCUT2D eigenvalue weighted by atomic mass is 9.98. The summed E-state index contributed by atoms with van der Waals surface area (Å²) in [6.07, 6.45) is 5.36. The molecule has 0 radical (unpaired) electrons. The van der Waals surface area contributed by atoms with Crippen molar-refractivity contribution in [3.8, 4) is 11.8 Å². The summed E-state index contributed by atoms with van der Waals surface area (Å²) in [6, 6.07) is 1.78. The van der Waals surface area contributed by atoms with Crippen LogP contribution in [-0.2, 0) is 4.74 Å². The first-order chi connectivity index (χ1) is 10.2. The maximum absolute atomic E-state index is 12.5. The highest BCUT2D eigenvalue weighted by molar-refractivity contribution is 5.94. The maximum Gasteiger partial charge on any atom is 0.255 e. The topological polar surface area (TPSA) is 68.5 Å². The molecule has 2 rings (SSSR count). The number of hydrogen-bond donors (Lipinski definition) is 1. The van der Waals surface area contributed by atoms with Gasteiger partial charge in [-0.15, -0.1) is 0 Å². The van der Waals surface area contributed by atoms with Gasteiger partial charge in [0.2, 0.25) is 0 Å². The fourth-order valence-electron chi connectivity index (χ4n) is 2.58. The second-order valence-corrected chi connectivity index (χ2v) is 5.18. The molecule has 5 heteroatoms. The number of piperidine rings is 1. The molecule has 1 atom stereocenters. The van der Waals surface area contributed by atoms with E-state index in [9.17, 15) is 4.79 Å². The molecule has 1 saturated heterocycles. The normalized spacial score (nSPS) is 18.0. The zero-order valence-electron chi connectivity index (χ0n) is 12.3. The van der Waals surface area contributed by atoms with Crippen LogP contribution < -0.4 is 5.73 Å². The fourth-order valence-corrected chi connectivity index (χ4v) is 2.58. The number of amides is 1. The molecule has 2 N–H and O–H groups in total. The van der Waals surface area contributed by atoms with E-state index in [1.165, 1.54) is 0 Å². The minimum absolute atomic E-state index is 0.0136. The van der Waals surface area contributed by atoms with Gasteiger partial charge in [0.15, 0.2) is 0 Å². The molecule has 0 saturated carbocycles. The van der Waals surface area contributed by atoms with E-state index in [2.05, 4.69) is 16.8 Å². The Morgan fingerprint density at radius 3 is 3.19 bits per heavy atom. The summed E-state index contributed by atoms with van der Waals surface area (Å²) in [5, 5.41) is 0. The Labute approximate surface area is 125 Å². The second kappa shape index (κ2) is 7.77. The molecule has 21 heavy (non-hydrogen) atoms. The molecular formula is C16H21N3O2. The van der Waals surface area contributed by atoms with Gasteiger partial charge in [-0.25, -0.2) is 0 Å². The average Bonchev–Trinajstić information content (AvgIpc) is 2.53. The van der Waals surface area contributed by atoms with Crippen molar-refractivity contribution in [1.82, 2.24) is 9.88 Å². The first-order valence-corrected chi connectivity index (χ1v) is 7.16. The summed E-state index contributed by atoms with van der Waals surface area (Å²) in [6.45, 7) is 2.52. The molecule has 1 unspecified atom stereocenters. The van der Waals surface area contributed by atoms with Gasteiger partial charge in [-0.2, -0.15) is 0 Å². The van der Waals surface area contributed by atoms with Gasteiger partial charge in [0.25, 0.3) is 5.91 Å². The number of carbonyl (C=O) groups is 1. The molecule has 1 amide bonds. The zero-order chi connectivity index (χ0) is 15.1. The Kier molecular flexibility index (Phi) is 5.73. The van der Waals surface area contributed by atoms with Crippen LogP contribution in [0, 0.1) is 17.8 Å². The average molecular weight is 287 g/mol. The maximum atomic E-state index is 12.5. The highest BCUT2D eigenvalue weighted by Gasteiger charge is 2.24. The number of likely N-dealkylation sites (tertiary alicyclic amines) is 1. The number of ether oxygens (including phenoxy) is 1. The van der Waals surface area contributed by atoms with E-state index in [1.54, 1.807) is 25.6 Å². The summed E-state index contributed by atoms with van der Waals surface area (Å²) in [7, 11) is 1.70. The van der Waals surface area contributed by atoms with E-state index >= 15 is 0 Å². The smallest absolute Gasteiger partial charge is 0.255 e. The molecular weight excluding hydrogens is 266 g/mol. The van der Waals surface area contributed by atoms with Crippen LogP contribution in [0.25, 0.3) is 0 Å². The van der Waals surface area contributed by atoms with Gasteiger partial charge in [-0.05, 0) is 24.8 Å². The number of pyridine rings is 1. The minimum atomic E-state index is 0.0136. The number of methoxy groups -OCH3 is 1. The van der Waals surface area contributed by atoms with Gasteiger partial charge in [0.1, 0.15) is 0 Å². The number of rotatable bonds is 3. The van der Waals surface area contributed by atoms with Crippen LogP contribution in [0.15, 0.2) is 18.5 Å². The van der Waals surface area contributed by atoms with Crippen molar-refractivity contribution < 1.29 is 9.53 Å². The van der Waals surface area contributed by atoms with E-state index in [1.807, 2.05) is 4.90 Å². The number of hydrogen-bond acceptors (Lipinski definition) is 4. The molecule has 5 nitrogen and oxygen atoms in total. The van der Waals surface area contributed by atoms with Crippen molar-refractivity contribution in [3.63, 3.8) is 0 Å². The lowest BCUT2D eigenvalue weighted by Gasteiger charge is -2.32. The SMILES string of the molecule is COCC1CCCN(C(=O)c2cncc(C#CCN)c2)C1. The molecule has 1 aromatic heterocycles. The van der Waals surface area contributed by atoms with Gasteiger partial charge in [-0.1, -0.05) is 11.8 Å². The number of nitrogens with zero attached hydrogens (tertiary/aromatic N) is 2. The summed E-state index contributed by atoms with van der Waals surface area (Å²) in [4.78, 5) is 18.5. The lowest BCUT2D eigenvalue weighted by Crippen LogP contribution is -2.41. The van der Waals surface area contributed by atoms with E-state index in [0.717, 1.165) is 31.5 Å². The molecule has 0 spiro atoms. The number of nitrogens with two attached hydrogens (primary N) is 1. The molecule has 1 aromatic rings. The Morgan fingerprint density at radius 1 is 1.57 bits per heavy atom. The predicted octanol–water partition coefficient (Wildman–Crippen LogP) is 0.890. The van der Waals surface area contributed by atoms with E-state index in [4.69, 9.17) is 10.5 Å². The van der Waals surface area contributed by atoms with Crippen LogP contribution in [-0.4, -0.2) is 49.1 Å². The van der Waals surface area contributed by atoms with Crippen molar-refractivity contribution >= 4 is 5.91 Å². The van der Waals surface area contributed by atoms with Crippen LogP contribution in [0.3, 0.4) is 0 Å². The lowest BCUT2D eigenvalue weighted by molar-refractivity contribution is 0.0570. The van der Waals surface area contributed by atoms with Gasteiger partial charge in [0, 0.05) is 38.2 Å². The summed E-state index contributed by atoms with van der Waals surface area (Å²) < 4.78 is 5.20. The summed E-state index contributed by atoms with van der Waals surface area (Å²) >= 11 is 0. The van der Waals surface area contributed by atoms with Crippen molar-refractivity contribution in [1.29, 1.82) is 0 Å². The Hall–Kier alpha value is -1.90. The van der Waals surface area contributed by atoms with Crippen molar-refractivity contribution in [2.45, 2.75) is 12.8 Å². The van der Waals surface area contributed by atoms with Gasteiger partial charge in [-0.3, -0.25) is 9.78 Å². The third kappa shape index (κ3) is 4.28. The highest BCUT2D eigenvalue weighted by atomic mass is 16.5. The molecule has 0 aromatic carbocycles. The number of aromatic nitrogens is 1. The Morgan fingerprint density at radius 2 is 2.43 bits per heavy atom. The third-order valence-corrected chi connectivity index (χ3v) is 3.53. The van der Waals surface area contributed by atoms with Crippen molar-refractivity contribution in [2.24, 2.45) is 11.7 Å². The quantitative estimate of drug-likeness (QED) is 0.838. The molecule has 0 aliphatic carbocycles. The van der Waals surface area contributed by atoms with Crippen LogP contribution in [0.4, 0.5) is 0 Å². The van der Waals surface area contributed by atoms with Gasteiger partial charge in [0.05, 0.1) is 18.7 Å². The Bertz CT molecular complexity index is 546.